The second-order valence-electron chi connectivity index (χ2n) is 9.39. The summed E-state index contributed by atoms with van der Waals surface area (Å²) in [7, 11) is 1.34. The molecule has 37 heavy (non-hydrogen) atoms. The molecule has 9 nitrogen and oxygen atoms in total. The summed E-state index contributed by atoms with van der Waals surface area (Å²) in [6.07, 6.45) is 2.57. The normalized spacial score (nSPS) is 14.2. The van der Waals surface area contributed by atoms with Crippen LogP contribution in [0, 0.1) is 25.6 Å². The van der Waals surface area contributed by atoms with Crippen LogP contribution in [0.4, 0.5) is 4.39 Å². The van der Waals surface area contributed by atoms with Gasteiger partial charge in [0.1, 0.15) is 5.69 Å². The molecule has 4 aromatic rings. The largest absolute Gasteiger partial charge is 0.479 e. The van der Waals surface area contributed by atoms with Crippen molar-refractivity contribution in [3.05, 3.63) is 64.9 Å². The lowest BCUT2D eigenvalue weighted by Crippen LogP contribution is -2.43. The number of piperidine rings is 1. The molecule has 0 bridgehead atoms. The topological polar surface area (TPSA) is 116 Å². The number of halogens is 1. The lowest BCUT2D eigenvalue weighted by Gasteiger charge is -2.31. The lowest BCUT2D eigenvalue weighted by atomic mass is 9.95. The van der Waals surface area contributed by atoms with Crippen LogP contribution >= 0.6 is 0 Å². The minimum Gasteiger partial charge on any atom is -0.479 e. The monoisotopic (exact) mass is 504 g/mol. The van der Waals surface area contributed by atoms with E-state index in [1.165, 1.54) is 36.4 Å². The molecule has 2 amide bonds. The van der Waals surface area contributed by atoms with Crippen molar-refractivity contribution in [1.29, 1.82) is 0 Å². The van der Waals surface area contributed by atoms with E-state index < -0.39 is 5.82 Å². The van der Waals surface area contributed by atoms with Crippen LogP contribution < -0.4 is 10.1 Å². The molecule has 1 saturated heterocycles. The molecule has 0 unspecified atom stereocenters. The van der Waals surface area contributed by atoms with Gasteiger partial charge in [-0.1, -0.05) is 6.07 Å². The standard InChI is InChI=1S/C27H29FN6O3/c1-15-16(2)31-21-5-4-17(12-20(15)21)14-30-25(35)18-7-10-34(11-8-18)27(36)23-13-22(32-33-23)19-6-9-29-26(37-3)24(19)28/h4-6,9,12-13,18,31H,7-8,10-11,14H2,1-3H3,(H,30,35)(H,32,33). The predicted octanol–water partition coefficient (Wildman–Crippen LogP) is 3.89. The Bertz CT molecular complexity index is 1470. The van der Waals surface area contributed by atoms with Gasteiger partial charge >= 0.3 is 0 Å². The summed E-state index contributed by atoms with van der Waals surface area (Å²) in [4.78, 5) is 34.7. The third-order valence-corrected chi connectivity index (χ3v) is 7.13. The van der Waals surface area contributed by atoms with Crippen molar-refractivity contribution in [2.24, 2.45) is 5.92 Å². The highest BCUT2D eigenvalue weighted by Crippen LogP contribution is 2.27. The molecule has 0 spiro atoms. The number of carbonyl (C=O) groups is 2. The van der Waals surface area contributed by atoms with Gasteiger partial charge in [-0.25, -0.2) is 9.37 Å². The number of amides is 2. The van der Waals surface area contributed by atoms with E-state index in [9.17, 15) is 14.0 Å². The van der Waals surface area contributed by atoms with Crippen LogP contribution in [0.2, 0.25) is 0 Å². The van der Waals surface area contributed by atoms with Gasteiger partial charge in [-0.3, -0.25) is 14.7 Å². The predicted molar refractivity (Wildman–Crippen MR) is 137 cm³/mol. The average Bonchev–Trinajstić information content (AvgIpc) is 3.52. The van der Waals surface area contributed by atoms with Gasteiger partial charge in [0.05, 0.1) is 12.8 Å². The minimum atomic E-state index is -0.638. The van der Waals surface area contributed by atoms with Crippen LogP contribution in [0.5, 0.6) is 5.88 Å². The number of ether oxygens (including phenoxy) is 1. The van der Waals surface area contributed by atoms with Crippen molar-refractivity contribution in [2.75, 3.05) is 20.2 Å². The van der Waals surface area contributed by atoms with Gasteiger partial charge in [0.2, 0.25) is 5.91 Å². The molecule has 3 N–H and O–H groups in total. The summed E-state index contributed by atoms with van der Waals surface area (Å²) in [5.41, 5.74) is 5.26. The summed E-state index contributed by atoms with van der Waals surface area (Å²) in [5, 5.41) is 11.0. The maximum absolute atomic E-state index is 14.5. The number of hydrogen-bond acceptors (Lipinski definition) is 5. The first-order chi connectivity index (χ1) is 17.9. The molecule has 0 radical (unpaired) electrons. The van der Waals surface area contributed by atoms with Gasteiger partial charge in [0.15, 0.2) is 5.82 Å². The van der Waals surface area contributed by atoms with Crippen LogP contribution in [0.15, 0.2) is 36.5 Å². The number of H-pyrrole nitrogens is 2. The van der Waals surface area contributed by atoms with E-state index in [2.05, 4.69) is 45.4 Å². The van der Waals surface area contributed by atoms with Crippen molar-refractivity contribution in [2.45, 2.75) is 33.2 Å². The highest BCUT2D eigenvalue weighted by molar-refractivity contribution is 5.93. The fourth-order valence-corrected chi connectivity index (χ4v) is 4.80. The van der Waals surface area contributed by atoms with Crippen molar-refractivity contribution in [1.82, 2.24) is 30.4 Å². The molecule has 1 fully saturated rings. The third kappa shape index (κ3) is 4.78. The number of methoxy groups -OCH3 is 1. The molecule has 192 valence electrons. The number of likely N-dealkylation sites (tertiary alicyclic amines) is 1. The van der Waals surface area contributed by atoms with Crippen LogP contribution in [-0.2, 0) is 11.3 Å². The number of pyridine rings is 1. The van der Waals surface area contributed by atoms with E-state index in [0.29, 0.717) is 38.2 Å². The van der Waals surface area contributed by atoms with E-state index in [0.717, 1.165) is 16.8 Å². The molecule has 4 heterocycles. The summed E-state index contributed by atoms with van der Waals surface area (Å²) in [6, 6.07) is 9.17. The van der Waals surface area contributed by atoms with Gasteiger partial charge in [-0.05, 0) is 62.1 Å². The van der Waals surface area contributed by atoms with E-state index in [4.69, 9.17) is 4.74 Å². The molecule has 0 saturated carbocycles. The molecule has 0 aliphatic carbocycles. The first-order valence-corrected chi connectivity index (χ1v) is 12.2. The van der Waals surface area contributed by atoms with Crippen molar-refractivity contribution in [3.8, 4) is 17.1 Å². The highest BCUT2D eigenvalue weighted by atomic mass is 19.1. The molecule has 10 heteroatoms. The maximum Gasteiger partial charge on any atom is 0.271 e. The van der Waals surface area contributed by atoms with Crippen LogP contribution in [0.1, 0.15) is 40.2 Å². The Labute approximate surface area is 213 Å². The van der Waals surface area contributed by atoms with E-state index in [-0.39, 0.29) is 34.9 Å². The Morgan fingerprint density at radius 3 is 2.73 bits per heavy atom. The van der Waals surface area contributed by atoms with Gasteiger partial charge < -0.3 is 19.9 Å². The zero-order chi connectivity index (χ0) is 26.1. The van der Waals surface area contributed by atoms with Crippen molar-refractivity contribution < 1.29 is 18.7 Å². The Morgan fingerprint density at radius 1 is 1.19 bits per heavy atom. The van der Waals surface area contributed by atoms with E-state index in [1.54, 1.807) is 4.90 Å². The van der Waals surface area contributed by atoms with Crippen LogP contribution in [0.25, 0.3) is 22.2 Å². The lowest BCUT2D eigenvalue weighted by molar-refractivity contribution is -0.126. The minimum absolute atomic E-state index is 0.0000955. The van der Waals surface area contributed by atoms with Gasteiger partial charge in [-0.15, -0.1) is 0 Å². The van der Waals surface area contributed by atoms with Crippen LogP contribution in [-0.4, -0.2) is 57.1 Å². The van der Waals surface area contributed by atoms with E-state index in [1.807, 2.05) is 12.1 Å². The average molecular weight is 505 g/mol. The van der Waals surface area contributed by atoms with E-state index >= 15 is 0 Å². The number of fused-ring (bicyclic) bond motifs is 1. The molecule has 5 rings (SSSR count). The molecule has 1 aliphatic rings. The number of benzene rings is 1. The zero-order valence-corrected chi connectivity index (χ0v) is 21.0. The summed E-state index contributed by atoms with van der Waals surface area (Å²) in [5.74, 6) is -1.16. The fraction of sp³-hybridized carbons (Fsp3) is 0.333. The SMILES string of the molecule is COc1nccc(-c2cc(C(=O)N3CCC(C(=O)NCc4ccc5[nH]c(C)c(C)c5c4)CC3)[nH]n2)c1F. The fourth-order valence-electron chi connectivity index (χ4n) is 4.80. The Morgan fingerprint density at radius 2 is 1.97 bits per heavy atom. The quantitative estimate of drug-likeness (QED) is 0.369. The zero-order valence-electron chi connectivity index (χ0n) is 21.0. The number of rotatable bonds is 6. The molecular weight excluding hydrogens is 475 g/mol. The number of carbonyl (C=O) groups excluding carboxylic acids is 2. The summed E-state index contributed by atoms with van der Waals surface area (Å²) in [6.45, 7) is 5.51. The Kier molecular flexibility index (Phi) is 6.64. The highest BCUT2D eigenvalue weighted by Gasteiger charge is 2.29. The molecule has 1 aromatic carbocycles. The summed E-state index contributed by atoms with van der Waals surface area (Å²) < 4.78 is 19.4. The smallest absolute Gasteiger partial charge is 0.271 e. The molecule has 1 aliphatic heterocycles. The second kappa shape index (κ2) is 10.0. The molecular formula is C27H29FN6O3. The second-order valence-corrected chi connectivity index (χ2v) is 9.39. The number of hydrogen-bond donors (Lipinski definition) is 3. The first kappa shape index (κ1) is 24.5. The van der Waals surface area contributed by atoms with Crippen molar-refractivity contribution >= 4 is 22.7 Å². The Balaban J connectivity index is 1.16. The number of nitrogens with one attached hydrogen (secondary N) is 3. The van der Waals surface area contributed by atoms with Crippen molar-refractivity contribution in [3.63, 3.8) is 0 Å². The number of nitrogens with zero attached hydrogens (tertiary/aromatic N) is 3. The third-order valence-electron chi connectivity index (χ3n) is 7.13. The van der Waals surface area contributed by atoms with Gasteiger partial charge in [0, 0.05) is 53.9 Å². The van der Waals surface area contributed by atoms with Gasteiger partial charge in [0.25, 0.3) is 11.8 Å². The maximum atomic E-state index is 14.5. The number of aromatic nitrogens is 4. The molecule has 0 atom stereocenters. The first-order valence-electron chi connectivity index (χ1n) is 12.2. The number of aromatic amines is 2. The molecule has 3 aromatic heterocycles. The van der Waals surface area contributed by atoms with Gasteiger partial charge in [-0.2, -0.15) is 5.10 Å². The number of aryl methyl sites for hydroxylation is 2. The van der Waals surface area contributed by atoms with Crippen LogP contribution in [0.3, 0.4) is 0 Å². The summed E-state index contributed by atoms with van der Waals surface area (Å²) >= 11 is 0. The Hall–Kier alpha value is -4.21.